The molecule has 0 bridgehead atoms. The van der Waals surface area contributed by atoms with Crippen LogP contribution in [0.3, 0.4) is 0 Å². The fourth-order valence-corrected chi connectivity index (χ4v) is 3.54. The molecule has 4 rings (SSSR count). The lowest BCUT2D eigenvalue weighted by molar-refractivity contribution is -0.132. The van der Waals surface area contributed by atoms with Gasteiger partial charge in [0.25, 0.3) is 0 Å². The van der Waals surface area contributed by atoms with Crippen molar-refractivity contribution in [1.82, 2.24) is 9.47 Å². The second kappa shape index (κ2) is 6.60. The third-order valence-corrected chi connectivity index (χ3v) is 5.00. The van der Waals surface area contributed by atoms with Crippen molar-refractivity contribution in [3.8, 4) is 11.3 Å². The second-order valence-electron chi connectivity index (χ2n) is 6.67. The van der Waals surface area contributed by atoms with E-state index in [0.29, 0.717) is 6.54 Å². The summed E-state index contributed by atoms with van der Waals surface area (Å²) in [5.41, 5.74) is 4.59. The van der Waals surface area contributed by atoms with Crippen LogP contribution < -0.4 is 0 Å². The zero-order valence-corrected chi connectivity index (χ0v) is 14.3. The summed E-state index contributed by atoms with van der Waals surface area (Å²) in [4.78, 5) is 14.8. The Morgan fingerprint density at radius 3 is 2.40 bits per heavy atom. The van der Waals surface area contributed by atoms with Crippen LogP contribution in [0.5, 0.6) is 0 Å². The summed E-state index contributed by atoms with van der Waals surface area (Å²) in [6.45, 7) is 5.99. The van der Waals surface area contributed by atoms with Crippen LogP contribution in [-0.2, 0) is 11.3 Å². The molecule has 1 aliphatic rings. The molecule has 0 aliphatic carbocycles. The standard InChI is InChI=1S/C22H22N2O/c1-17-11-13-23(14-12-17)22(25)16-24-20-10-6-5-9-19(20)15-21(24)18-7-3-2-4-8-18/h2-10,15H,1,11-14,16H2. The number of likely N-dealkylation sites (tertiary alicyclic amines) is 1. The number of amides is 1. The molecule has 1 amide bonds. The topological polar surface area (TPSA) is 25.2 Å². The van der Waals surface area contributed by atoms with Gasteiger partial charge < -0.3 is 9.47 Å². The van der Waals surface area contributed by atoms with E-state index in [9.17, 15) is 4.79 Å². The van der Waals surface area contributed by atoms with Gasteiger partial charge in [0.1, 0.15) is 6.54 Å². The SMILES string of the molecule is C=C1CCN(C(=O)Cn2c(-c3ccccc3)cc3ccccc32)CC1. The van der Waals surface area contributed by atoms with Crippen LogP contribution in [0.1, 0.15) is 12.8 Å². The molecule has 1 fully saturated rings. The molecule has 0 atom stereocenters. The molecule has 3 heteroatoms. The van der Waals surface area contributed by atoms with E-state index >= 15 is 0 Å². The second-order valence-corrected chi connectivity index (χ2v) is 6.67. The van der Waals surface area contributed by atoms with Gasteiger partial charge in [0, 0.05) is 29.7 Å². The average Bonchev–Trinajstić information content (AvgIpc) is 3.02. The first-order chi connectivity index (χ1) is 12.2. The van der Waals surface area contributed by atoms with Crippen LogP contribution >= 0.6 is 0 Å². The fourth-order valence-electron chi connectivity index (χ4n) is 3.54. The molecule has 3 nitrogen and oxygen atoms in total. The minimum Gasteiger partial charge on any atom is -0.341 e. The van der Waals surface area contributed by atoms with Crippen molar-refractivity contribution in [3.63, 3.8) is 0 Å². The normalized spacial score (nSPS) is 14.9. The molecule has 25 heavy (non-hydrogen) atoms. The van der Waals surface area contributed by atoms with E-state index in [-0.39, 0.29) is 5.91 Å². The Morgan fingerprint density at radius 1 is 0.960 bits per heavy atom. The molecule has 0 radical (unpaired) electrons. The third kappa shape index (κ3) is 3.10. The van der Waals surface area contributed by atoms with Crippen molar-refractivity contribution >= 4 is 16.8 Å². The van der Waals surface area contributed by atoms with Crippen LogP contribution in [0.2, 0.25) is 0 Å². The highest BCUT2D eigenvalue weighted by Gasteiger charge is 2.20. The van der Waals surface area contributed by atoms with Crippen molar-refractivity contribution in [2.24, 2.45) is 0 Å². The quantitative estimate of drug-likeness (QED) is 0.650. The first kappa shape index (κ1) is 15.7. The molecule has 0 saturated carbocycles. The first-order valence-corrected chi connectivity index (χ1v) is 8.80. The summed E-state index contributed by atoms with van der Waals surface area (Å²) in [6, 6.07) is 20.7. The highest BCUT2D eigenvalue weighted by atomic mass is 16.2. The first-order valence-electron chi connectivity index (χ1n) is 8.80. The maximum Gasteiger partial charge on any atom is 0.242 e. The lowest BCUT2D eigenvalue weighted by Crippen LogP contribution is -2.38. The van der Waals surface area contributed by atoms with Crippen molar-refractivity contribution < 1.29 is 4.79 Å². The molecular weight excluding hydrogens is 308 g/mol. The number of para-hydroxylation sites is 1. The molecule has 1 saturated heterocycles. The summed E-state index contributed by atoms with van der Waals surface area (Å²) < 4.78 is 2.15. The molecule has 2 heterocycles. The number of fused-ring (bicyclic) bond motifs is 1. The Hall–Kier alpha value is -2.81. The van der Waals surface area contributed by atoms with Gasteiger partial charge in [0.2, 0.25) is 5.91 Å². The van der Waals surface area contributed by atoms with Gasteiger partial charge in [-0.2, -0.15) is 0 Å². The van der Waals surface area contributed by atoms with E-state index in [1.165, 1.54) is 11.0 Å². The van der Waals surface area contributed by atoms with Gasteiger partial charge in [-0.1, -0.05) is 60.7 Å². The Kier molecular flexibility index (Phi) is 4.14. The highest BCUT2D eigenvalue weighted by Crippen LogP contribution is 2.28. The Balaban J connectivity index is 1.70. The summed E-state index contributed by atoms with van der Waals surface area (Å²) in [6.07, 6.45) is 1.84. The van der Waals surface area contributed by atoms with Crippen LogP contribution in [0.25, 0.3) is 22.2 Å². The van der Waals surface area contributed by atoms with Gasteiger partial charge in [0.05, 0.1) is 0 Å². The van der Waals surface area contributed by atoms with Gasteiger partial charge in [-0.05, 0) is 30.5 Å². The molecule has 1 aromatic heterocycles. The smallest absolute Gasteiger partial charge is 0.242 e. The molecule has 126 valence electrons. The number of aromatic nitrogens is 1. The van der Waals surface area contributed by atoms with Crippen LogP contribution in [-0.4, -0.2) is 28.5 Å². The van der Waals surface area contributed by atoms with Crippen LogP contribution in [0.15, 0.2) is 72.8 Å². The molecule has 2 aromatic carbocycles. The fraction of sp³-hybridized carbons (Fsp3) is 0.227. The number of carbonyl (C=O) groups is 1. The minimum atomic E-state index is 0.186. The molecule has 0 N–H and O–H groups in total. The van der Waals surface area contributed by atoms with Gasteiger partial charge in [0.15, 0.2) is 0 Å². The van der Waals surface area contributed by atoms with E-state index in [0.717, 1.165) is 42.7 Å². The Labute approximate surface area is 148 Å². The van der Waals surface area contributed by atoms with Gasteiger partial charge in [-0.3, -0.25) is 4.79 Å². The number of rotatable bonds is 3. The highest BCUT2D eigenvalue weighted by molar-refractivity contribution is 5.89. The number of hydrogen-bond donors (Lipinski definition) is 0. The Morgan fingerprint density at radius 2 is 1.64 bits per heavy atom. The van der Waals surface area contributed by atoms with Gasteiger partial charge >= 0.3 is 0 Å². The maximum absolute atomic E-state index is 12.9. The molecule has 0 spiro atoms. The predicted octanol–water partition coefficient (Wildman–Crippen LogP) is 4.49. The van der Waals surface area contributed by atoms with Crippen LogP contribution in [0.4, 0.5) is 0 Å². The largest absolute Gasteiger partial charge is 0.341 e. The average molecular weight is 330 g/mol. The van der Waals surface area contributed by atoms with E-state index < -0.39 is 0 Å². The zero-order chi connectivity index (χ0) is 17.2. The van der Waals surface area contributed by atoms with Gasteiger partial charge in [-0.15, -0.1) is 0 Å². The summed E-state index contributed by atoms with van der Waals surface area (Å²) in [5.74, 6) is 0.186. The van der Waals surface area contributed by atoms with E-state index in [2.05, 4.69) is 41.5 Å². The van der Waals surface area contributed by atoms with Crippen molar-refractivity contribution in [2.75, 3.05) is 13.1 Å². The molecule has 0 unspecified atom stereocenters. The van der Waals surface area contributed by atoms with E-state index in [4.69, 9.17) is 0 Å². The number of carbonyl (C=O) groups excluding carboxylic acids is 1. The van der Waals surface area contributed by atoms with Gasteiger partial charge in [-0.25, -0.2) is 0 Å². The lowest BCUT2D eigenvalue weighted by atomic mass is 10.1. The summed E-state index contributed by atoms with van der Waals surface area (Å²) in [7, 11) is 0. The zero-order valence-electron chi connectivity index (χ0n) is 14.3. The number of hydrogen-bond acceptors (Lipinski definition) is 1. The Bertz CT molecular complexity index is 914. The minimum absolute atomic E-state index is 0.186. The summed E-state index contributed by atoms with van der Waals surface area (Å²) >= 11 is 0. The third-order valence-electron chi connectivity index (χ3n) is 5.00. The van der Waals surface area contributed by atoms with E-state index in [1.54, 1.807) is 0 Å². The molecular formula is C22H22N2O. The van der Waals surface area contributed by atoms with E-state index in [1.807, 2.05) is 35.2 Å². The summed E-state index contributed by atoms with van der Waals surface area (Å²) in [5, 5.41) is 1.17. The molecule has 3 aromatic rings. The maximum atomic E-state index is 12.9. The number of benzene rings is 2. The lowest BCUT2D eigenvalue weighted by Gasteiger charge is -2.28. The van der Waals surface area contributed by atoms with Crippen LogP contribution in [0, 0.1) is 0 Å². The molecule has 1 aliphatic heterocycles. The van der Waals surface area contributed by atoms with Crippen molar-refractivity contribution in [1.29, 1.82) is 0 Å². The number of nitrogens with zero attached hydrogens (tertiary/aromatic N) is 2. The van der Waals surface area contributed by atoms with Crippen molar-refractivity contribution in [2.45, 2.75) is 19.4 Å². The monoisotopic (exact) mass is 330 g/mol. The van der Waals surface area contributed by atoms with Crippen molar-refractivity contribution in [3.05, 3.63) is 72.8 Å². The predicted molar refractivity (Wildman–Crippen MR) is 102 cm³/mol. The number of piperidine rings is 1.